The molecule has 0 bridgehead atoms. The van der Waals surface area contributed by atoms with Gasteiger partial charge < -0.3 is 15.3 Å². The lowest BCUT2D eigenvalue weighted by atomic mass is 10.2. The number of nitrogens with one attached hydrogen (secondary N) is 1. The molecule has 0 unspecified atom stereocenters. The summed E-state index contributed by atoms with van der Waals surface area (Å²) in [6.45, 7) is 0.370. The molecular formula is C28H24N4O4S2. The van der Waals surface area contributed by atoms with Crippen molar-refractivity contribution in [1.29, 1.82) is 0 Å². The number of carbonyl (C=O) groups is 3. The zero-order chi connectivity index (χ0) is 26.6. The van der Waals surface area contributed by atoms with Crippen molar-refractivity contribution >= 4 is 63.5 Å². The molecule has 2 N–H and O–H groups in total. The molecule has 1 saturated heterocycles. The second-order valence-corrected chi connectivity index (χ2v) is 10.6. The number of fused-ring (bicyclic) bond motifs is 1. The average molecular weight is 545 g/mol. The number of aliphatic imine (C=N–C) groups is 1. The van der Waals surface area contributed by atoms with Crippen molar-refractivity contribution in [3.63, 3.8) is 0 Å². The fourth-order valence-electron chi connectivity index (χ4n) is 4.03. The van der Waals surface area contributed by atoms with Gasteiger partial charge in [-0.3, -0.25) is 19.3 Å². The number of thioether (sulfide) groups is 2. The summed E-state index contributed by atoms with van der Waals surface area (Å²) in [5.41, 5.74) is 3.11. The number of amidine groups is 1. The average Bonchev–Trinajstić information content (AvgIpc) is 3.40. The Morgan fingerprint density at radius 3 is 2.47 bits per heavy atom. The Kier molecular flexibility index (Phi) is 7.52. The molecule has 3 aromatic carbocycles. The molecule has 2 heterocycles. The number of hydrogen-bond donors (Lipinski definition) is 2. The molecule has 3 aromatic rings. The molecule has 192 valence electrons. The van der Waals surface area contributed by atoms with Crippen molar-refractivity contribution in [1.82, 2.24) is 4.90 Å². The molecule has 0 aliphatic carbocycles. The normalized spacial score (nSPS) is 17.7. The summed E-state index contributed by atoms with van der Waals surface area (Å²) in [6.07, 6.45) is -0.359. The van der Waals surface area contributed by atoms with Gasteiger partial charge in [-0.05, 0) is 47.7 Å². The first kappa shape index (κ1) is 25.6. The minimum absolute atomic E-state index is 0.113. The Morgan fingerprint density at radius 1 is 0.947 bits per heavy atom. The van der Waals surface area contributed by atoms with Gasteiger partial charge in [-0.1, -0.05) is 60.3 Å². The Hall–Kier alpha value is -4.02. The second kappa shape index (κ2) is 11.2. The molecule has 2 aliphatic heterocycles. The Morgan fingerprint density at radius 2 is 1.71 bits per heavy atom. The summed E-state index contributed by atoms with van der Waals surface area (Å²) in [6, 6.07) is 24.8. The lowest BCUT2D eigenvalue weighted by Gasteiger charge is -2.17. The van der Waals surface area contributed by atoms with Gasteiger partial charge in [0.05, 0.1) is 29.4 Å². The van der Waals surface area contributed by atoms with Gasteiger partial charge in [0.2, 0.25) is 5.91 Å². The number of benzene rings is 3. The molecule has 38 heavy (non-hydrogen) atoms. The molecule has 0 atom stereocenters. The minimum atomic E-state index is -1.03. The van der Waals surface area contributed by atoms with Gasteiger partial charge in [0.25, 0.3) is 5.91 Å². The van der Waals surface area contributed by atoms with Crippen molar-refractivity contribution < 1.29 is 19.5 Å². The van der Waals surface area contributed by atoms with Crippen LogP contribution in [0.15, 0.2) is 98.7 Å². The van der Waals surface area contributed by atoms with Crippen molar-refractivity contribution in [2.75, 3.05) is 17.3 Å². The molecule has 0 spiro atoms. The zero-order valence-corrected chi connectivity index (χ0v) is 22.1. The lowest BCUT2D eigenvalue weighted by Crippen LogP contribution is -2.29. The van der Waals surface area contributed by atoms with E-state index < -0.39 is 5.97 Å². The predicted molar refractivity (Wildman–Crippen MR) is 151 cm³/mol. The van der Waals surface area contributed by atoms with Gasteiger partial charge in [-0.2, -0.15) is 0 Å². The van der Waals surface area contributed by atoms with Gasteiger partial charge in [0, 0.05) is 24.1 Å². The van der Waals surface area contributed by atoms with Crippen LogP contribution in [0.2, 0.25) is 0 Å². The number of carbonyl (C=O) groups excluding carboxylic acids is 2. The van der Waals surface area contributed by atoms with Crippen molar-refractivity contribution in [3.05, 3.63) is 94.4 Å². The fourth-order valence-corrected chi connectivity index (χ4v) is 6.37. The lowest BCUT2D eigenvalue weighted by molar-refractivity contribution is -0.138. The smallest absolute Gasteiger partial charge is 0.303 e. The zero-order valence-electron chi connectivity index (χ0n) is 20.5. The molecule has 2 amide bonds. The van der Waals surface area contributed by atoms with E-state index in [1.165, 1.54) is 11.8 Å². The van der Waals surface area contributed by atoms with Crippen molar-refractivity contribution in [2.24, 2.45) is 4.99 Å². The largest absolute Gasteiger partial charge is 0.481 e. The van der Waals surface area contributed by atoms with E-state index in [1.54, 1.807) is 40.9 Å². The van der Waals surface area contributed by atoms with Gasteiger partial charge in [0.1, 0.15) is 4.91 Å². The van der Waals surface area contributed by atoms with E-state index >= 15 is 0 Å². The maximum Gasteiger partial charge on any atom is 0.303 e. The van der Waals surface area contributed by atoms with Gasteiger partial charge in [0.15, 0.2) is 5.17 Å². The predicted octanol–water partition coefficient (Wildman–Crippen LogP) is 5.66. The molecule has 0 radical (unpaired) electrons. The Bertz CT molecular complexity index is 1470. The van der Waals surface area contributed by atoms with E-state index in [2.05, 4.69) is 5.32 Å². The van der Waals surface area contributed by atoms with E-state index in [0.717, 1.165) is 21.2 Å². The number of para-hydroxylation sites is 1. The van der Waals surface area contributed by atoms with E-state index in [0.29, 0.717) is 28.0 Å². The third-order valence-electron chi connectivity index (χ3n) is 5.90. The summed E-state index contributed by atoms with van der Waals surface area (Å²) >= 11 is 2.91. The van der Waals surface area contributed by atoms with Crippen molar-refractivity contribution in [3.8, 4) is 0 Å². The van der Waals surface area contributed by atoms with Gasteiger partial charge in [-0.15, -0.1) is 0 Å². The van der Waals surface area contributed by atoms with Crippen LogP contribution in [0.25, 0.3) is 0 Å². The van der Waals surface area contributed by atoms with Crippen LogP contribution in [0.3, 0.4) is 0 Å². The first-order valence-electron chi connectivity index (χ1n) is 11.9. The van der Waals surface area contributed by atoms with Gasteiger partial charge >= 0.3 is 5.97 Å². The molecule has 2 aliphatic rings. The standard InChI is InChI=1S/C28H24N4O4S2/c1-31-21-12-5-6-13-22(21)37-27(31)25-26(36)32(17-18-8-3-2-4-9-18)28(38-25)30-20-11-7-10-19(16-20)29-23(33)14-15-24(34)35/h2-13,16H,14-15,17H2,1H3,(H,29,33)(H,34,35)/b27-25-,30-28?. The number of anilines is 2. The summed E-state index contributed by atoms with van der Waals surface area (Å²) in [7, 11) is 1.96. The van der Waals surface area contributed by atoms with Crippen molar-refractivity contribution in [2.45, 2.75) is 24.3 Å². The Labute approximate surface area is 228 Å². The van der Waals surface area contributed by atoms with Crippen LogP contribution in [-0.4, -0.2) is 40.0 Å². The third kappa shape index (κ3) is 5.61. The maximum absolute atomic E-state index is 13.8. The van der Waals surface area contributed by atoms with E-state index in [1.807, 2.05) is 66.5 Å². The van der Waals surface area contributed by atoms with Gasteiger partial charge in [-0.25, -0.2) is 4.99 Å². The van der Waals surface area contributed by atoms with Crippen LogP contribution >= 0.6 is 23.5 Å². The highest BCUT2D eigenvalue weighted by atomic mass is 32.2. The summed E-state index contributed by atoms with van der Waals surface area (Å²) in [4.78, 5) is 46.8. The van der Waals surface area contributed by atoms with E-state index in [-0.39, 0.29) is 24.7 Å². The molecule has 10 heteroatoms. The highest BCUT2D eigenvalue weighted by Crippen LogP contribution is 2.50. The van der Waals surface area contributed by atoms with Crippen LogP contribution in [-0.2, 0) is 20.9 Å². The van der Waals surface area contributed by atoms with Crippen LogP contribution < -0.4 is 10.2 Å². The quantitative estimate of drug-likeness (QED) is 0.370. The molecule has 5 rings (SSSR count). The number of rotatable bonds is 7. The summed E-state index contributed by atoms with van der Waals surface area (Å²) < 4.78 is 0. The third-order valence-corrected chi connectivity index (χ3v) is 8.33. The first-order chi connectivity index (χ1) is 18.4. The molecule has 8 nitrogen and oxygen atoms in total. The second-order valence-electron chi connectivity index (χ2n) is 8.63. The maximum atomic E-state index is 13.8. The van der Waals surface area contributed by atoms with E-state index in [4.69, 9.17) is 10.1 Å². The number of nitrogens with zero attached hydrogens (tertiary/aromatic N) is 3. The summed E-state index contributed by atoms with van der Waals surface area (Å²) in [5.74, 6) is -1.53. The number of amides is 2. The minimum Gasteiger partial charge on any atom is -0.481 e. The van der Waals surface area contributed by atoms with Crippen LogP contribution in [0.5, 0.6) is 0 Å². The molecular weight excluding hydrogens is 520 g/mol. The number of carboxylic acid groups (broad SMARTS) is 1. The monoisotopic (exact) mass is 544 g/mol. The fraction of sp³-hybridized carbons (Fsp3) is 0.143. The highest BCUT2D eigenvalue weighted by molar-refractivity contribution is 8.19. The van der Waals surface area contributed by atoms with Crippen LogP contribution in [0.1, 0.15) is 18.4 Å². The summed E-state index contributed by atoms with van der Waals surface area (Å²) in [5, 5.41) is 12.9. The Balaban J connectivity index is 1.46. The van der Waals surface area contributed by atoms with Crippen LogP contribution in [0, 0.1) is 0 Å². The topological polar surface area (TPSA) is 102 Å². The molecule has 0 saturated carbocycles. The number of carboxylic acids is 1. The van der Waals surface area contributed by atoms with Crippen LogP contribution in [0.4, 0.5) is 17.1 Å². The highest BCUT2D eigenvalue weighted by Gasteiger charge is 2.39. The SMILES string of the molecule is CN1/C(=C2/SC(=Nc3cccc(NC(=O)CCC(=O)O)c3)N(Cc3ccccc3)C2=O)Sc2ccccc21. The van der Waals surface area contributed by atoms with E-state index in [9.17, 15) is 14.4 Å². The molecule has 1 fully saturated rings. The number of hydrogen-bond acceptors (Lipinski definition) is 7. The number of aliphatic carboxylic acids is 1. The molecule has 0 aromatic heterocycles. The first-order valence-corrected chi connectivity index (χ1v) is 13.5.